The lowest BCUT2D eigenvalue weighted by molar-refractivity contribution is 0.126. The van der Waals surface area contributed by atoms with E-state index in [4.69, 9.17) is 9.47 Å². The third-order valence-electron chi connectivity index (χ3n) is 3.54. The predicted molar refractivity (Wildman–Crippen MR) is 87.6 cm³/mol. The van der Waals surface area contributed by atoms with Gasteiger partial charge in [-0.1, -0.05) is 12.1 Å². The molecule has 5 nitrogen and oxygen atoms in total. The van der Waals surface area contributed by atoms with Crippen LogP contribution >= 0.6 is 11.3 Å². The molecule has 1 aromatic carbocycles. The second-order valence-electron chi connectivity index (χ2n) is 4.87. The molecule has 2 heterocycles. The van der Waals surface area contributed by atoms with Gasteiger partial charge in [-0.05, 0) is 24.6 Å². The molecular weight excluding hydrogens is 300 g/mol. The monoisotopic (exact) mass is 316 g/mol. The molecule has 0 unspecified atom stereocenters. The van der Waals surface area contributed by atoms with Gasteiger partial charge in [0.05, 0.1) is 12.5 Å². The van der Waals surface area contributed by atoms with Gasteiger partial charge < -0.3 is 9.47 Å². The minimum atomic E-state index is -0.0728. The summed E-state index contributed by atoms with van der Waals surface area (Å²) in [7, 11) is 3.19. The van der Waals surface area contributed by atoms with Crippen LogP contribution in [0.3, 0.4) is 0 Å². The van der Waals surface area contributed by atoms with Gasteiger partial charge in [-0.15, -0.1) is 11.3 Å². The largest absolute Gasteiger partial charge is 0.497 e. The van der Waals surface area contributed by atoms with Crippen molar-refractivity contribution in [2.24, 2.45) is 0 Å². The molecule has 0 N–H and O–H groups in total. The highest BCUT2D eigenvalue weighted by Gasteiger charge is 2.15. The highest BCUT2D eigenvalue weighted by Crippen LogP contribution is 2.31. The molecule has 6 heteroatoms. The van der Waals surface area contributed by atoms with Crippen molar-refractivity contribution >= 4 is 21.6 Å². The predicted octanol–water partition coefficient (Wildman–Crippen LogP) is 3.05. The maximum atomic E-state index is 12.7. The van der Waals surface area contributed by atoms with Crippen LogP contribution in [-0.2, 0) is 11.5 Å². The Bertz CT molecular complexity index is 865. The van der Waals surface area contributed by atoms with Gasteiger partial charge in [-0.2, -0.15) is 0 Å². The van der Waals surface area contributed by atoms with Crippen LogP contribution in [0.15, 0.2) is 34.4 Å². The first-order valence-corrected chi connectivity index (χ1v) is 7.65. The van der Waals surface area contributed by atoms with E-state index in [1.54, 1.807) is 18.8 Å². The molecule has 0 fully saturated rings. The first-order chi connectivity index (χ1) is 10.7. The standard InChI is InChI=1S/C16H16N2O3S/c1-10-17-15-14(16(19)18(10)9-20-2)13(8-22-15)11-4-6-12(21-3)7-5-11/h4-8H,9H2,1-3H3. The number of fused-ring (bicyclic) bond motifs is 1. The third-order valence-corrected chi connectivity index (χ3v) is 4.42. The van der Waals surface area contributed by atoms with E-state index >= 15 is 0 Å². The minimum Gasteiger partial charge on any atom is -0.497 e. The number of benzene rings is 1. The molecule has 0 atom stereocenters. The lowest BCUT2D eigenvalue weighted by atomic mass is 10.1. The third kappa shape index (κ3) is 2.40. The Balaban J connectivity index is 2.22. The van der Waals surface area contributed by atoms with Crippen molar-refractivity contribution in [3.8, 4) is 16.9 Å². The van der Waals surface area contributed by atoms with Gasteiger partial charge in [0.1, 0.15) is 23.1 Å². The van der Waals surface area contributed by atoms with Crippen molar-refractivity contribution in [3.63, 3.8) is 0 Å². The molecule has 3 rings (SSSR count). The number of aryl methyl sites for hydroxylation is 1. The van der Waals surface area contributed by atoms with Crippen LogP contribution in [0.5, 0.6) is 5.75 Å². The van der Waals surface area contributed by atoms with Gasteiger partial charge in [0.25, 0.3) is 5.56 Å². The Hall–Kier alpha value is -2.18. The van der Waals surface area contributed by atoms with Crippen LogP contribution in [0.1, 0.15) is 5.82 Å². The lowest BCUT2D eigenvalue weighted by Gasteiger charge is -2.08. The van der Waals surface area contributed by atoms with Gasteiger partial charge in [-0.3, -0.25) is 9.36 Å². The Kier molecular flexibility index (Phi) is 3.96. The molecule has 0 amide bonds. The Labute approximate surface area is 131 Å². The fourth-order valence-electron chi connectivity index (χ4n) is 2.39. The fraction of sp³-hybridized carbons (Fsp3) is 0.250. The summed E-state index contributed by atoms with van der Waals surface area (Å²) in [6.45, 7) is 2.01. The molecule has 0 aliphatic heterocycles. The number of thiophene rings is 1. The van der Waals surface area contributed by atoms with Crippen molar-refractivity contribution in [2.45, 2.75) is 13.7 Å². The van der Waals surface area contributed by atoms with E-state index < -0.39 is 0 Å². The second-order valence-corrected chi connectivity index (χ2v) is 5.73. The Morgan fingerprint density at radius 2 is 1.95 bits per heavy atom. The molecular formula is C16H16N2O3S. The summed E-state index contributed by atoms with van der Waals surface area (Å²) < 4.78 is 11.8. The van der Waals surface area contributed by atoms with Gasteiger partial charge in [0.15, 0.2) is 0 Å². The first kappa shape index (κ1) is 14.7. The number of nitrogens with zero attached hydrogens (tertiary/aromatic N) is 2. The van der Waals surface area contributed by atoms with E-state index in [9.17, 15) is 4.79 Å². The topological polar surface area (TPSA) is 53.4 Å². The van der Waals surface area contributed by atoms with Crippen LogP contribution in [0.4, 0.5) is 0 Å². The molecule has 2 aromatic heterocycles. The van der Waals surface area contributed by atoms with E-state index in [-0.39, 0.29) is 12.3 Å². The zero-order chi connectivity index (χ0) is 15.7. The quantitative estimate of drug-likeness (QED) is 0.742. The summed E-state index contributed by atoms with van der Waals surface area (Å²) in [5, 5.41) is 2.61. The summed E-state index contributed by atoms with van der Waals surface area (Å²) in [4.78, 5) is 18.0. The van der Waals surface area contributed by atoms with Crippen molar-refractivity contribution in [2.75, 3.05) is 14.2 Å². The molecule has 114 valence electrons. The highest BCUT2D eigenvalue weighted by molar-refractivity contribution is 7.17. The van der Waals surface area contributed by atoms with Crippen LogP contribution in [0, 0.1) is 6.92 Å². The summed E-state index contributed by atoms with van der Waals surface area (Å²) in [6.07, 6.45) is 0. The van der Waals surface area contributed by atoms with Crippen LogP contribution in [-0.4, -0.2) is 23.8 Å². The molecule has 22 heavy (non-hydrogen) atoms. The summed E-state index contributed by atoms with van der Waals surface area (Å²) >= 11 is 1.48. The number of rotatable bonds is 4. The van der Waals surface area contributed by atoms with Gasteiger partial charge in [-0.25, -0.2) is 4.98 Å². The molecule has 0 aliphatic rings. The van der Waals surface area contributed by atoms with E-state index in [1.165, 1.54) is 11.3 Å². The maximum absolute atomic E-state index is 12.7. The second kappa shape index (κ2) is 5.90. The van der Waals surface area contributed by atoms with Crippen LogP contribution in [0.2, 0.25) is 0 Å². The van der Waals surface area contributed by atoms with Crippen molar-refractivity contribution < 1.29 is 9.47 Å². The molecule has 0 saturated heterocycles. The number of ether oxygens (including phenoxy) is 2. The fourth-order valence-corrected chi connectivity index (χ4v) is 3.37. The lowest BCUT2D eigenvalue weighted by Crippen LogP contribution is -2.24. The zero-order valence-corrected chi connectivity index (χ0v) is 13.4. The SMILES string of the molecule is COCn1c(C)nc2scc(-c3ccc(OC)cc3)c2c1=O. The molecule has 3 aromatic rings. The molecule has 0 radical (unpaired) electrons. The van der Waals surface area contributed by atoms with Gasteiger partial charge in [0, 0.05) is 18.1 Å². The maximum Gasteiger partial charge on any atom is 0.264 e. The summed E-state index contributed by atoms with van der Waals surface area (Å²) in [5.41, 5.74) is 1.79. The van der Waals surface area contributed by atoms with E-state index in [0.29, 0.717) is 11.2 Å². The average molecular weight is 316 g/mol. The highest BCUT2D eigenvalue weighted by atomic mass is 32.1. The van der Waals surface area contributed by atoms with Crippen molar-refractivity contribution in [3.05, 3.63) is 45.8 Å². The molecule has 0 aliphatic carbocycles. The number of hydrogen-bond acceptors (Lipinski definition) is 5. The summed E-state index contributed by atoms with van der Waals surface area (Å²) in [5.74, 6) is 1.44. The molecule has 0 spiro atoms. The van der Waals surface area contributed by atoms with E-state index in [1.807, 2.05) is 36.6 Å². The Morgan fingerprint density at radius 1 is 1.23 bits per heavy atom. The number of hydrogen-bond donors (Lipinski definition) is 0. The zero-order valence-electron chi connectivity index (χ0n) is 12.6. The number of methoxy groups -OCH3 is 2. The average Bonchev–Trinajstić information content (AvgIpc) is 2.95. The first-order valence-electron chi connectivity index (χ1n) is 6.77. The smallest absolute Gasteiger partial charge is 0.264 e. The van der Waals surface area contributed by atoms with Crippen LogP contribution in [0.25, 0.3) is 21.3 Å². The number of aromatic nitrogens is 2. The van der Waals surface area contributed by atoms with Crippen LogP contribution < -0.4 is 10.3 Å². The summed E-state index contributed by atoms with van der Waals surface area (Å²) in [6, 6.07) is 7.66. The Morgan fingerprint density at radius 3 is 2.59 bits per heavy atom. The van der Waals surface area contributed by atoms with Gasteiger partial charge in [0.2, 0.25) is 0 Å². The van der Waals surface area contributed by atoms with E-state index in [2.05, 4.69) is 4.98 Å². The normalized spacial score (nSPS) is 11.0. The van der Waals surface area contributed by atoms with Crippen molar-refractivity contribution in [1.82, 2.24) is 9.55 Å². The molecule has 0 bridgehead atoms. The van der Waals surface area contributed by atoms with E-state index in [0.717, 1.165) is 21.7 Å². The van der Waals surface area contributed by atoms with Gasteiger partial charge >= 0.3 is 0 Å². The molecule has 0 saturated carbocycles. The van der Waals surface area contributed by atoms with Crippen molar-refractivity contribution in [1.29, 1.82) is 0 Å². The minimum absolute atomic E-state index is 0.0728.